The van der Waals surface area contributed by atoms with Gasteiger partial charge in [-0.3, -0.25) is 4.79 Å². The number of sulfonamides is 1. The number of ether oxygens (including phenoxy) is 1. The fourth-order valence-electron chi connectivity index (χ4n) is 4.20. The first kappa shape index (κ1) is 23.0. The van der Waals surface area contributed by atoms with E-state index in [4.69, 9.17) is 4.74 Å². The Morgan fingerprint density at radius 1 is 1.07 bits per heavy atom. The maximum Gasteiger partial charge on any atom is 0.243 e. The Morgan fingerprint density at radius 2 is 1.70 bits per heavy atom. The topological polar surface area (TPSA) is 79.0 Å². The molecule has 0 radical (unpaired) electrons. The first-order chi connectivity index (χ1) is 14.4. The quantitative estimate of drug-likeness (QED) is 0.632. The van der Waals surface area contributed by atoms with Crippen molar-refractivity contribution < 1.29 is 17.9 Å². The normalized spacial score (nSPS) is 20.2. The van der Waals surface area contributed by atoms with Crippen LogP contribution >= 0.6 is 0 Å². The van der Waals surface area contributed by atoms with Crippen molar-refractivity contribution in [2.24, 2.45) is 11.8 Å². The first-order valence-corrected chi connectivity index (χ1v) is 12.5. The van der Waals surface area contributed by atoms with Crippen LogP contribution < -0.4 is 10.1 Å². The predicted molar refractivity (Wildman–Crippen MR) is 117 cm³/mol. The van der Waals surface area contributed by atoms with Gasteiger partial charge in [-0.15, -0.1) is 0 Å². The van der Waals surface area contributed by atoms with Crippen LogP contribution in [0.15, 0.2) is 29.2 Å². The Morgan fingerprint density at radius 3 is 2.30 bits per heavy atom. The molecule has 2 aliphatic rings. The molecule has 168 valence electrons. The molecule has 1 aromatic rings. The fourth-order valence-corrected chi connectivity index (χ4v) is 5.67. The largest absolute Gasteiger partial charge is 0.497 e. The number of amides is 1. The van der Waals surface area contributed by atoms with Gasteiger partial charge in [0.15, 0.2) is 0 Å². The van der Waals surface area contributed by atoms with Gasteiger partial charge in [0.25, 0.3) is 0 Å². The maximum absolute atomic E-state index is 12.8. The molecule has 1 aromatic carbocycles. The van der Waals surface area contributed by atoms with Crippen LogP contribution in [0.2, 0.25) is 0 Å². The van der Waals surface area contributed by atoms with Crippen molar-refractivity contribution in [3.8, 4) is 5.75 Å². The Bertz CT molecular complexity index is 781. The standard InChI is InChI=1S/C22H35N3O4S/c1-18-8-14-24(15-9-18)13-3-12-23-22(26)19-10-16-25(17-11-19)30(27,28)21-6-4-20(29-2)5-7-21/h4-7,18-19H,3,8-17H2,1-2H3,(H,23,26). The first-order valence-electron chi connectivity index (χ1n) is 11.0. The Balaban J connectivity index is 1.39. The molecule has 3 rings (SSSR count). The SMILES string of the molecule is COc1ccc(S(=O)(=O)N2CCC(C(=O)NCCCN3CCC(C)CC3)CC2)cc1. The van der Waals surface area contributed by atoms with Crippen molar-refractivity contribution in [2.45, 2.75) is 43.9 Å². The minimum Gasteiger partial charge on any atom is -0.497 e. The summed E-state index contributed by atoms with van der Waals surface area (Å²) >= 11 is 0. The lowest BCUT2D eigenvalue weighted by Gasteiger charge is -2.31. The highest BCUT2D eigenvalue weighted by atomic mass is 32.2. The van der Waals surface area contributed by atoms with Crippen molar-refractivity contribution in [1.82, 2.24) is 14.5 Å². The van der Waals surface area contributed by atoms with E-state index in [2.05, 4.69) is 17.1 Å². The summed E-state index contributed by atoms with van der Waals surface area (Å²) in [6.07, 6.45) is 4.62. The van der Waals surface area contributed by atoms with E-state index in [0.717, 1.165) is 32.0 Å². The Kier molecular flexibility index (Phi) is 8.13. The Hall–Kier alpha value is -1.64. The summed E-state index contributed by atoms with van der Waals surface area (Å²) in [7, 11) is -1.98. The number of methoxy groups -OCH3 is 1. The molecule has 0 aromatic heterocycles. The summed E-state index contributed by atoms with van der Waals surface area (Å²) in [5.41, 5.74) is 0. The van der Waals surface area contributed by atoms with E-state index in [1.807, 2.05) is 0 Å². The van der Waals surface area contributed by atoms with Crippen LogP contribution in [0.1, 0.15) is 39.0 Å². The van der Waals surface area contributed by atoms with E-state index in [0.29, 0.717) is 38.2 Å². The van der Waals surface area contributed by atoms with Crippen molar-refractivity contribution in [3.05, 3.63) is 24.3 Å². The van der Waals surface area contributed by atoms with Gasteiger partial charge in [0, 0.05) is 25.6 Å². The highest BCUT2D eigenvalue weighted by molar-refractivity contribution is 7.89. The van der Waals surface area contributed by atoms with Crippen LogP contribution in [0.3, 0.4) is 0 Å². The second kappa shape index (κ2) is 10.6. The smallest absolute Gasteiger partial charge is 0.243 e. The Labute approximate surface area is 180 Å². The van der Waals surface area contributed by atoms with E-state index in [1.165, 1.54) is 17.1 Å². The van der Waals surface area contributed by atoms with Crippen molar-refractivity contribution >= 4 is 15.9 Å². The number of rotatable bonds is 8. The third-order valence-corrected chi connectivity index (χ3v) is 8.26. The summed E-state index contributed by atoms with van der Waals surface area (Å²) in [5, 5.41) is 3.05. The molecule has 30 heavy (non-hydrogen) atoms. The predicted octanol–water partition coefficient (Wildman–Crippen LogP) is 2.33. The van der Waals surface area contributed by atoms with Gasteiger partial charge >= 0.3 is 0 Å². The molecule has 0 spiro atoms. The molecule has 7 nitrogen and oxygen atoms in total. The number of carbonyl (C=O) groups excluding carboxylic acids is 1. The number of hydrogen-bond donors (Lipinski definition) is 1. The molecule has 0 saturated carbocycles. The van der Waals surface area contributed by atoms with Gasteiger partial charge in [-0.1, -0.05) is 6.92 Å². The molecule has 2 aliphatic heterocycles. The number of nitrogens with one attached hydrogen (secondary N) is 1. The van der Waals surface area contributed by atoms with E-state index in [9.17, 15) is 13.2 Å². The second-order valence-electron chi connectivity index (χ2n) is 8.52. The van der Waals surface area contributed by atoms with Crippen molar-refractivity contribution in [3.63, 3.8) is 0 Å². The molecule has 8 heteroatoms. The molecule has 0 unspecified atom stereocenters. The highest BCUT2D eigenvalue weighted by Crippen LogP contribution is 2.25. The van der Waals surface area contributed by atoms with E-state index < -0.39 is 10.0 Å². The molecule has 0 aliphatic carbocycles. The zero-order valence-corrected chi connectivity index (χ0v) is 19.0. The molecule has 2 heterocycles. The number of benzene rings is 1. The lowest BCUT2D eigenvalue weighted by atomic mass is 9.97. The lowest BCUT2D eigenvalue weighted by molar-refractivity contribution is -0.126. The monoisotopic (exact) mass is 437 g/mol. The lowest BCUT2D eigenvalue weighted by Crippen LogP contribution is -2.43. The third-order valence-electron chi connectivity index (χ3n) is 6.35. The zero-order valence-electron chi connectivity index (χ0n) is 18.2. The molecule has 1 amide bonds. The van der Waals surface area contributed by atoms with E-state index in [-0.39, 0.29) is 16.7 Å². The number of piperidine rings is 2. The molecule has 2 fully saturated rings. The van der Waals surface area contributed by atoms with Gasteiger partial charge in [-0.2, -0.15) is 4.31 Å². The summed E-state index contributed by atoms with van der Waals surface area (Å²) in [6.45, 7) is 7.11. The zero-order chi connectivity index (χ0) is 21.6. The van der Waals surface area contributed by atoms with Crippen LogP contribution in [0.4, 0.5) is 0 Å². The van der Waals surface area contributed by atoms with Crippen LogP contribution in [-0.4, -0.2) is 69.9 Å². The number of carbonyl (C=O) groups is 1. The van der Waals surface area contributed by atoms with Crippen molar-refractivity contribution in [1.29, 1.82) is 0 Å². The molecule has 1 N–H and O–H groups in total. The summed E-state index contributed by atoms with van der Waals surface area (Å²) in [4.78, 5) is 15.2. The van der Waals surface area contributed by atoms with Crippen LogP contribution in [0.5, 0.6) is 5.75 Å². The van der Waals surface area contributed by atoms with E-state index >= 15 is 0 Å². The van der Waals surface area contributed by atoms with Crippen LogP contribution in [0, 0.1) is 11.8 Å². The molecular formula is C22H35N3O4S. The minimum atomic E-state index is -3.53. The summed E-state index contributed by atoms with van der Waals surface area (Å²) in [6, 6.07) is 6.43. The van der Waals surface area contributed by atoms with Gasteiger partial charge in [0.1, 0.15) is 5.75 Å². The molecule has 0 atom stereocenters. The number of likely N-dealkylation sites (tertiary alicyclic amines) is 1. The average Bonchev–Trinajstić information content (AvgIpc) is 2.78. The van der Waals surface area contributed by atoms with Gasteiger partial charge in [0.2, 0.25) is 15.9 Å². The minimum absolute atomic E-state index is 0.0590. The third kappa shape index (κ3) is 5.95. The van der Waals surface area contributed by atoms with Gasteiger partial charge in [-0.05, 0) is 81.9 Å². The maximum atomic E-state index is 12.8. The second-order valence-corrected chi connectivity index (χ2v) is 10.5. The van der Waals surface area contributed by atoms with Crippen LogP contribution in [0.25, 0.3) is 0 Å². The number of nitrogens with zero attached hydrogens (tertiary/aromatic N) is 2. The van der Waals surface area contributed by atoms with E-state index in [1.54, 1.807) is 31.4 Å². The summed E-state index contributed by atoms with van der Waals surface area (Å²) < 4.78 is 32.2. The highest BCUT2D eigenvalue weighted by Gasteiger charge is 2.32. The molecular weight excluding hydrogens is 402 g/mol. The van der Waals surface area contributed by atoms with Crippen LogP contribution in [-0.2, 0) is 14.8 Å². The average molecular weight is 438 g/mol. The number of hydrogen-bond acceptors (Lipinski definition) is 5. The molecule has 0 bridgehead atoms. The van der Waals surface area contributed by atoms with Gasteiger partial charge in [0.05, 0.1) is 12.0 Å². The summed E-state index contributed by atoms with van der Waals surface area (Å²) in [5.74, 6) is 1.41. The van der Waals surface area contributed by atoms with Gasteiger partial charge < -0.3 is 15.0 Å². The molecule has 2 saturated heterocycles. The van der Waals surface area contributed by atoms with Crippen molar-refractivity contribution in [2.75, 3.05) is 46.4 Å². The fraction of sp³-hybridized carbons (Fsp3) is 0.682. The van der Waals surface area contributed by atoms with Gasteiger partial charge in [-0.25, -0.2) is 8.42 Å².